The number of carbonyl (C=O) groups excluding carboxylic acids is 2. The number of rotatable bonds is 12. The molecule has 36 heavy (non-hydrogen) atoms. The lowest BCUT2D eigenvalue weighted by molar-refractivity contribution is -0.140. The number of benzene rings is 2. The maximum absolute atomic E-state index is 13.7. The topological polar surface area (TPSA) is 86.8 Å². The van der Waals surface area contributed by atoms with E-state index in [2.05, 4.69) is 5.32 Å². The van der Waals surface area contributed by atoms with Gasteiger partial charge in [-0.2, -0.15) is 0 Å². The van der Waals surface area contributed by atoms with Gasteiger partial charge in [0.2, 0.25) is 21.8 Å². The molecule has 0 saturated carbocycles. The molecule has 0 saturated heterocycles. The summed E-state index contributed by atoms with van der Waals surface area (Å²) in [5, 5.41) is 3.62. The minimum Gasteiger partial charge on any atom is -0.354 e. The van der Waals surface area contributed by atoms with E-state index in [1.807, 2.05) is 6.92 Å². The third kappa shape index (κ3) is 8.42. The number of nitrogens with zero attached hydrogens (tertiary/aromatic N) is 2. The van der Waals surface area contributed by atoms with E-state index < -0.39 is 28.5 Å². The fraction of sp³-hybridized carbons (Fsp3) is 0.417. The minimum absolute atomic E-state index is 0.00815. The number of unbranched alkanes of at least 4 members (excludes halogenated alkanes) is 1. The average molecular weight is 597 g/mol. The molecule has 2 aromatic rings. The second-order valence-electron chi connectivity index (χ2n) is 8.20. The van der Waals surface area contributed by atoms with Gasteiger partial charge >= 0.3 is 0 Å². The maximum atomic E-state index is 13.7. The first-order valence-electron chi connectivity index (χ1n) is 11.3. The number of hydrogen-bond acceptors (Lipinski definition) is 4. The molecule has 0 aromatic heterocycles. The van der Waals surface area contributed by atoms with Gasteiger partial charge in [-0.15, -0.1) is 0 Å². The van der Waals surface area contributed by atoms with E-state index >= 15 is 0 Å². The van der Waals surface area contributed by atoms with Gasteiger partial charge in [0.1, 0.15) is 12.6 Å². The Bertz CT molecular complexity index is 1180. The summed E-state index contributed by atoms with van der Waals surface area (Å²) in [5.41, 5.74) is 0.736. The van der Waals surface area contributed by atoms with E-state index in [9.17, 15) is 18.0 Å². The Morgan fingerprint density at radius 1 is 0.972 bits per heavy atom. The summed E-state index contributed by atoms with van der Waals surface area (Å²) in [6, 6.07) is 8.63. The lowest BCUT2D eigenvalue weighted by Crippen LogP contribution is -2.52. The van der Waals surface area contributed by atoms with E-state index in [4.69, 9.17) is 46.4 Å². The van der Waals surface area contributed by atoms with Crippen molar-refractivity contribution in [3.05, 3.63) is 62.1 Å². The molecule has 0 fully saturated rings. The van der Waals surface area contributed by atoms with Crippen molar-refractivity contribution in [1.29, 1.82) is 0 Å². The molecule has 0 bridgehead atoms. The van der Waals surface area contributed by atoms with Gasteiger partial charge in [-0.1, -0.05) is 78.8 Å². The molecule has 0 radical (unpaired) electrons. The first kappa shape index (κ1) is 30.5. The molecule has 2 aromatic carbocycles. The molecule has 0 unspecified atom stereocenters. The summed E-state index contributed by atoms with van der Waals surface area (Å²) in [6.07, 6.45) is 2.98. The third-order valence-electron chi connectivity index (χ3n) is 5.42. The Hall–Kier alpha value is -1.71. The van der Waals surface area contributed by atoms with Crippen molar-refractivity contribution in [1.82, 2.24) is 10.2 Å². The van der Waals surface area contributed by atoms with Gasteiger partial charge in [0.25, 0.3) is 0 Å². The zero-order chi connectivity index (χ0) is 27.0. The minimum atomic E-state index is -3.97. The van der Waals surface area contributed by atoms with Gasteiger partial charge in [-0.3, -0.25) is 13.9 Å². The van der Waals surface area contributed by atoms with Crippen molar-refractivity contribution in [3.8, 4) is 0 Å². The van der Waals surface area contributed by atoms with Gasteiger partial charge in [0.15, 0.2) is 0 Å². The second kappa shape index (κ2) is 13.7. The van der Waals surface area contributed by atoms with Crippen LogP contribution in [0.4, 0.5) is 5.69 Å². The van der Waals surface area contributed by atoms with Crippen LogP contribution in [-0.2, 0) is 26.2 Å². The second-order valence-corrected chi connectivity index (χ2v) is 11.8. The van der Waals surface area contributed by atoms with E-state index in [1.54, 1.807) is 31.2 Å². The highest BCUT2D eigenvalue weighted by Crippen LogP contribution is 2.35. The molecule has 0 aliphatic carbocycles. The third-order valence-corrected chi connectivity index (χ3v) is 7.82. The number of halogens is 4. The summed E-state index contributed by atoms with van der Waals surface area (Å²) in [7, 11) is -3.97. The number of sulfonamides is 1. The highest BCUT2D eigenvalue weighted by atomic mass is 35.5. The first-order chi connectivity index (χ1) is 16.9. The zero-order valence-corrected chi connectivity index (χ0v) is 24.1. The zero-order valence-electron chi connectivity index (χ0n) is 20.2. The number of amides is 2. The molecular formula is C24H29Cl4N3O4S. The van der Waals surface area contributed by atoms with Crippen LogP contribution in [-0.4, -0.2) is 50.5 Å². The smallest absolute Gasteiger partial charge is 0.244 e. The van der Waals surface area contributed by atoms with Gasteiger partial charge < -0.3 is 10.2 Å². The maximum Gasteiger partial charge on any atom is 0.244 e. The Morgan fingerprint density at radius 2 is 1.58 bits per heavy atom. The average Bonchev–Trinajstić information content (AvgIpc) is 2.80. The number of carbonyl (C=O) groups is 2. The molecule has 12 heteroatoms. The lowest BCUT2D eigenvalue weighted by Gasteiger charge is -2.33. The van der Waals surface area contributed by atoms with Crippen LogP contribution in [0.2, 0.25) is 20.1 Å². The van der Waals surface area contributed by atoms with Crippen LogP contribution in [0.1, 0.15) is 38.7 Å². The Labute approximate surface area is 232 Å². The largest absolute Gasteiger partial charge is 0.354 e. The molecule has 0 aliphatic rings. The quantitative estimate of drug-likeness (QED) is 0.248. The normalized spacial score (nSPS) is 12.2. The van der Waals surface area contributed by atoms with Crippen molar-refractivity contribution < 1.29 is 18.0 Å². The summed E-state index contributed by atoms with van der Waals surface area (Å²) in [5.74, 6) is -0.901. The molecular weight excluding hydrogens is 568 g/mol. The monoisotopic (exact) mass is 595 g/mol. The number of hydrogen-bond donors (Lipinski definition) is 1. The van der Waals surface area contributed by atoms with Crippen molar-refractivity contribution in [2.45, 2.75) is 45.7 Å². The Morgan fingerprint density at radius 3 is 2.14 bits per heavy atom. The molecule has 1 atom stereocenters. The summed E-state index contributed by atoms with van der Waals surface area (Å²) < 4.78 is 26.3. The van der Waals surface area contributed by atoms with Crippen LogP contribution in [0.15, 0.2) is 36.4 Å². The lowest BCUT2D eigenvalue weighted by atomic mass is 10.1. The van der Waals surface area contributed by atoms with Crippen LogP contribution in [0.3, 0.4) is 0 Å². The van der Waals surface area contributed by atoms with Crippen molar-refractivity contribution in [2.24, 2.45) is 0 Å². The molecule has 0 spiro atoms. The van der Waals surface area contributed by atoms with Crippen LogP contribution in [0.25, 0.3) is 0 Å². The van der Waals surface area contributed by atoms with Gasteiger partial charge in [0, 0.05) is 18.1 Å². The Balaban J connectivity index is 2.46. The number of anilines is 1. The van der Waals surface area contributed by atoms with Crippen molar-refractivity contribution in [2.75, 3.05) is 23.7 Å². The highest BCUT2D eigenvalue weighted by Gasteiger charge is 2.32. The van der Waals surface area contributed by atoms with Crippen molar-refractivity contribution >= 4 is 73.9 Å². The SMILES string of the molecule is CCCCNC(=O)[C@@H](CC)N(Cc1ccc(Cl)cc1)C(=O)CN(c1cc(Cl)c(Cl)cc1Cl)S(C)(=O)=O. The molecule has 2 rings (SSSR count). The van der Waals surface area contributed by atoms with E-state index in [0.717, 1.165) is 29.0 Å². The van der Waals surface area contributed by atoms with Gasteiger partial charge in [-0.25, -0.2) is 8.42 Å². The fourth-order valence-electron chi connectivity index (χ4n) is 3.51. The molecule has 2 amide bonds. The van der Waals surface area contributed by atoms with E-state index in [1.165, 1.54) is 17.0 Å². The summed E-state index contributed by atoms with van der Waals surface area (Å²) in [6.45, 7) is 3.75. The molecule has 198 valence electrons. The predicted octanol–water partition coefficient (Wildman–Crippen LogP) is 5.79. The fourth-order valence-corrected chi connectivity index (χ4v) is 5.18. The van der Waals surface area contributed by atoms with E-state index in [-0.39, 0.29) is 33.2 Å². The standard InChI is InChI=1S/C24H29Cl4N3O4S/c1-4-6-11-29-24(33)21(5-2)30(14-16-7-9-17(25)10-8-16)23(32)15-31(36(3,34)35)22-13-19(27)18(26)12-20(22)28/h7-10,12-13,21H,4-6,11,14-15H2,1-3H3,(H,29,33)/t21-/m1/s1. The summed E-state index contributed by atoms with van der Waals surface area (Å²) in [4.78, 5) is 28.0. The molecule has 7 nitrogen and oxygen atoms in total. The van der Waals surface area contributed by atoms with Crippen LogP contribution >= 0.6 is 46.4 Å². The van der Waals surface area contributed by atoms with Gasteiger partial charge in [0.05, 0.1) is 27.0 Å². The van der Waals surface area contributed by atoms with Crippen LogP contribution in [0.5, 0.6) is 0 Å². The molecule has 1 N–H and O–H groups in total. The van der Waals surface area contributed by atoms with E-state index in [0.29, 0.717) is 18.0 Å². The van der Waals surface area contributed by atoms with Crippen LogP contribution < -0.4 is 9.62 Å². The molecule has 0 heterocycles. The number of nitrogens with one attached hydrogen (secondary N) is 1. The summed E-state index contributed by atoms with van der Waals surface area (Å²) >= 11 is 24.4. The predicted molar refractivity (Wildman–Crippen MR) is 148 cm³/mol. The van der Waals surface area contributed by atoms with Crippen LogP contribution in [0, 0.1) is 0 Å². The molecule has 0 aliphatic heterocycles. The van der Waals surface area contributed by atoms with Crippen molar-refractivity contribution in [3.63, 3.8) is 0 Å². The van der Waals surface area contributed by atoms with Gasteiger partial charge in [-0.05, 0) is 42.7 Å². The first-order valence-corrected chi connectivity index (χ1v) is 14.7. The highest BCUT2D eigenvalue weighted by molar-refractivity contribution is 7.92. The Kier molecular flexibility index (Phi) is 11.6.